The number of nitrogens with one attached hydrogen (secondary N) is 1. The number of anilines is 1. The summed E-state index contributed by atoms with van der Waals surface area (Å²) in [5, 5.41) is 14.0. The van der Waals surface area contributed by atoms with Crippen molar-refractivity contribution >= 4 is 17.6 Å². The molecule has 1 aromatic heterocycles. The van der Waals surface area contributed by atoms with Gasteiger partial charge in [0, 0.05) is 43.0 Å². The molecule has 9 nitrogen and oxygen atoms in total. The zero-order valence-electron chi connectivity index (χ0n) is 23.4. The Labute approximate surface area is 231 Å². The fraction of sp³-hybridized carbons (Fsp3) is 0.567. The minimum Gasteiger partial charge on any atom is -0.481 e. The average molecular weight is 536 g/mol. The van der Waals surface area contributed by atoms with E-state index < -0.39 is 5.60 Å². The molecule has 2 heterocycles. The van der Waals surface area contributed by atoms with Crippen LogP contribution >= 0.6 is 0 Å². The van der Waals surface area contributed by atoms with E-state index in [1.807, 2.05) is 15.9 Å². The third-order valence-corrected chi connectivity index (χ3v) is 9.31. The molecular formula is C30H41N5O4. The van der Waals surface area contributed by atoms with Gasteiger partial charge in [-0.05, 0) is 70.7 Å². The summed E-state index contributed by atoms with van der Waals surface area (Å²) in [7, 11) is 5.81. The van der Waals surface area contributed by atoms with Gasteiger partial charge >= 0.3 is 6.03 Å². The van der Waals surface area contributed by atoms with Gasteiger partial charge in [-0.3, -0.25) is 9.69 Å². The molecule has 0 bridgehead atoms. The van der Waals surface area contributed by atoms with E-state index >= 15 is 0 Å². The van der Waals surface area contributed by atoms with Gasteiger partial charge in [0.1, 0.15) is 0 Å². The highest BCUT2D eigenvalue weighted by Crippen LogP contribution is 2.50. The molecule has 39 heavy (non-hydrogen) atoms. The third kappa shape index (κ3) is 5.34. The maximum Gasteiger partial charge on any atom is 0.320 e. The van der Waals surface area contributed by atoms with Crippen LogP contribution in [-0.2, 0) is 10.3 Å². The number of rotatable bonds is 9. The van der Waals surface area contributed by atoms with Crippen LogP contribution in [0.4, 0.5) is 10.5 Å². The molecule has 3 fully saturated rings. The Bertz CT molecular complexity index is 1170. The number of nitrogens with zero attached hydrogens (tertiary/aromatic N) is 4. The SMILES string of the molecule is COc1cc(NC(=O)CCN2CC3(CCC(c4ccccc4)(N(C)C)CC3)N(CC3(O)CCC3)C2=O)ccn1. The maximum absolute atomic E-state index is 13.8. The van der Waals surface area contributed by atoms with Crippen LogP contribution in [0.3, 0.4) is 0 Å². The molecule has 210 valence electrons. The van der Waals surface area contributed by atoms with E-state index in [2.05, 4.69) is 53.6 Å². The normalized spacial score (nSPS) is 26.1. The monoisotopic (exact) mass is 535 g/mol. The number of carbonyl (C=O) groups excluding carboxylic acids is 2. The molecular weight excluding hydrogens is 494 g/mol. The summed E-state index contributed by atoms with van der Waals surface area (Å²) in [6.07, 6.45) is 7.77. The predicted molar refractivity (Wildman–Crippen MR) is 150 cm³/mol. The lowest BCUT2D eigenvalue weighted by Gasteiger charge is -2.52. The Morgan fingerprint density at radius 3 is 2.44 bits per heavy atom. The van der Waals surface area contributed by atoms with E-state index in [0.29, 0.717) is 31.2 Å². The molecule has 0 atom stereocenters. The number of aliphatic hydroxyl groups is 1. The van der Waals surface area contributed by atoms with Crippen molar-refractivity contribution in [2.75, 3.05) is 46.2 Å². The molecule has 1 spiro atoms. The van der Waals surface area contributed by atoms with E-state index in [1.165, 1.54) is 12.7 Å². The minimum atomic E-state index is -0.800. The van der Waals surface area contributed by atoms with Crippen molar-refractivity contribution in [1.82, 2.24) is 19.7 Å². The van der Waals surface area contributed by atoms with Crippen LogP contribution in [0.15, 0.2) is 48.7 Å². The first kappa shape index (κ1) is 27.4. The van der Waals surface area contributed by atoms with Gasteiger partial charge in [0.05, 0.1) is 24.8 Å². The zero-order valence-corrected chi connectivity index (χ0v) is 23.4. The Kier molecular flexibility index (Phi) is 7.57. The van der Waals surface area contributed by atoms with Gasteiger partial charge in [0.15, 0.2) is 0 Å². The van der Waals surface area contributed by atoms with Crippen LogP contribution in [0.1, 0.15) is 56.9 Å². The van der Waals surface area contributed by atoms with Gasteiger partial charge in [-0.1, -0.05) is 30.3 Å². The van der Waals surface area contributed by atoms with Crippen molar-refractivity contribution in [3.63, 3.8) is 0 Å². The van der Waals surface area contributed by atoms with Gasteiger partial charge in [-0.25, -0.2) is 9.78 Å². The van der Waals surface area contributed by atoms with Crippen LogP contribution in [-0.4, -0.2) is 88.7 Å². The number of aromatic nitrogens is 1. The van der Waals surface area contributed by atoms with Crippen LogP contribution in [0, 0.1) is 0 Å². The fourth-order valence-electron chi connectivity index (χ4n) is 6.69. The Hall–Kier alpha value is -3.17. The molecule has 2 saturated carbocycles. The number of carbonyl (C=O) groups is 2. The lowest BCUT2D eigenvalue weighted by molar-refractivity contribution is -0.116. The fourth-order valence-corrected chi connectivity index (χ4v) is 6.69. The lowest BCUT2D eigenvalue weighted by Crippen LogP contribution is -2.59. The van der Waals surface area contributed by atoms with Crippen molar-refractivity contribution in [3.05, 3.63) is 54.2 Å². The molecule has 2 aliphatic carbocycles. The molecule has 1 saturated heterocycles. The molecule has 3 aliphatic rings. The first-order chi connectivity index (χ1) is 18.7. The number of ether oxygens (including phenoxy) is 1. The highest BCUT2D eigenvalue weighted by molar-refractivity contribution is 5.91. The summed E-state index contributed by atoms with van der Waals surface area (Å²) in [4.78, 5) is 36.7. The Morgan fingerprint density at radius 2 is 1.82 bits per heavy atom. The van der Waals surface area contributed by atoms with Gasteiger partial charge < -0.3 is 25.0 Å². The lowest BCUT2D eigenvalue weighted by atomic mass is 9.67. The second-order valence-electron chi connectivity index (χ2n) is 11.8. The standard InChI is InChI=1S/C30H41N5O4/c1-33(2)30(23-8-5-4-6-9-23)16-14-28(15-17-30)21-34(27(37)35(28)22-29(38)12-7-13-29)19-11-25(36)32-24-10-18-31-26(20-24)39-3/h4-6,8-10,18,20,38H,7,11-17,19,21-22H2,1-3H3,(H,31,32,36). The summed E-state index contributed by atoms with van der Waals surface area (Å²) in [6, 6.07) is 14.0. The molecule has 0 unspecified atom stereocenters. The minimum absolute atomic E-state index is 0.0641. The Morgan fingerprint density at radius 1 is 1.10 bits per heavy atom. The van der Waals surface area contributed by atoms with Crippen LogP contribution < -0.4 is 10.1 Å². The van der Waals surface area contributed by atoms with E-state index in [9.17, 15) is 14.7 Å². The number of benzene rings is 1. The molecule has 9 heteroatoms. The van der Waals surface area contributed by atoms with Crippen molar-refractivity contribution < 1.29 is 19.4 Å². The van der Waals surface area contributed by atoms with Crippen molar-refractivity contribution in [1.29, 1.82) is 0 Å². The molecule has 1 aromatic carbocycles. The van der Waals surface area contributed by atoms with Gasteiger partial charge in [-0.2, -0.15) is 0 Å². The largest absolute Gasteiger partial charge is 0.481 e. The maximum atomic E-state index is 13.8. The molecule has 2 N–H and O–H groups in total. The number of urea groups is 1. The highest BCUT2D eigenvalue weighted by Gasteiger charge is 2.56. The molecule has 3 amide bonds. The predicted octanol–water partition coefficient (Wildman–Crippen LogP) is 3.84. The summed E-state index contributed by atoms with van der Waals surface area (Å²) in [6.45, 7) is 1.28. The first-order valence-electron chi connectivity index (χ1n) is 14.0. The summed E-state index contributed by atoms with van der Waals surface area (Å²) in [5.41, 5.74) is 0.684. The van der Waals surface area contributed by atoms with Crippen LogP contribution in [0.25, 0.3) is 0 Å². The smallest absolute Gasteiger partial charge is 0.320 e. The molecule has 5 rings (SSSR count). The van der Waals surface area contributed by atoms with E-state index in [1.54, 1.807) is 18.3 Å². The Balaban J connectivity index is 1.30. The quantitative estimate of drug-likeness (QED) is 0.506. The van der Waals surface area contributed by atoms with Crippen molar-refractivity contribution in [2.24, 2.45) is 0 Å². The van der Waals surface area contributed by atoms with Crippen molar-refractivity contribution in [2.45, 2.75) is 68.0 Å². The molecule has 1 aliphatic heterocycles. The average Bonchev–Trinajstić information content (AvgIpc) is 3.17. The number of hydrogen-bond acceptors (Lipinski definition) is 6. The van der Waals surface area contributed by atoms with Gasteiger partial charge in [-0.15, -0.1) is 0 Å². The number of β-amino-alcohol motifs (C(OH)–C–C–N with tert-alkyl or cyclic N) is 1. The number of methoxy groups -OCH3 is 1. The first-order valence-corrected chi connectivity index (χ1v) is 14.0. The third-order valence-electron chi connectivity index (χ3n) is 9.31. The van der Waals surface area contributed by atoms with Crippen molar-refractivity contribution in [3.8, 4) is 5.88 Å². The zero-order chi connectivity index (χ0) is 27.7. The second kappa shape index (κ2) is 10.8. The van der Waals surface area contributed by atoms with E-state index in [0.717, 1.165) is 44.9 Å². The number of hydrogen-bond donors (Lipinski definition) is 2. The topological polar surface area (TPSA) is 98.2 Å². The number of pyridine rings is 1. The molecule has 0 radical (unpaired) electrons. The highest BCUT2D eigenvalue weighted by atomic mass is 16.5. The van der Waals surface area contributed by atoms with Crippen LogP contribution in [0.2, 0.25) is 0 Å². The van der Waals surface area contributed by atoms with Crippen LogP contribution in [0.5, 0.6) is 5.88 Å². The van der Waals surface area contributed by atoms with E-state index in [4.69, 9.17) is 4.74 Å². The van der Waals surface area contributed by atoms with E-state index in [-0.39, 0.29) is 29.4 Å². The number of amides is 3. The van der Waals surface area contributed by atoms with Gasteiger partial charge in [0.2, 0.25) is 11.8 Å². The summed E-state index contributed by atoms with van der Waals surface area (Å²) in [5.74, 6) is 0.260. The van der Waals surface area contributed by atoms with Gasteiger partial charge in [0.25, 0.3) is 0 Å². The molecule has 2 aromatic rings. The second-order valence-corrected chi connectivity index (χ2v) is 11.8. The summed E-state index contributed by atoms with van der Waals surface area (Å²) < 4.78 is 5.13. The summed E-state index contributed by atoms with van der Waals surface area (Å²) >= 11 is 0.